The van der Waals surface area contributed by atoms with Gasteiger partial charge in [0, 0.05) is 13.1 Å². The molecule has 2 aliphatic heterocycles. The van der Waals surface area contributed by atoms with E-state index in [1.807, 2.05) is 12.1 Å². The van der Waals surface area contributed by atoms with E-state index in [4.69, 9.17) is 4.74 Å². The lowest BCUT2D eigenvalue weighted by Crippen LogP contribution is -2.44. The van der Waals surface area contributed by atoms with Crippen LogP contribution in [0.15, 0.2) is 53.5 Å². The van der Waals surface area contributed by atoms with E-state index >= 15 is 0 Å². The van der Waals surface area contributed by atoms with Gasteiger partial charge in [-0.1, -0.05) is 36.4 Å². The van der Waals surface area contributed by atoms with E-state index in [1.165, 1.54) is 17.7 Å². The number of rotatable bonds is 1. The summed E-state index contributed by atoms with van der Waals surface area (Å²) in [5.41, 5.74) is 3.35. The summed E-state index contributed by atoms with van der Waals surface area (Å²) in [6, 6.07) is 15.0. The van der Waals surface area contributed by atoms with Crippen LogP contribution in [-0.2, 0) is 11.2 Å². The van der Waals surface area contributed by atoms with E-state index in [2.05, 4.69) is 27.3 Å². The third kappa shape index (κ3) is 3.42. The van der Waals surface area contributed by atoms with Crippen LogP contribution in [0.5, 0.6) is 0 Å². The fraction of sp³-hybridized carbons (Fsp3) is 0.350. The maximum atomic E-state index is 13.8. The van der Waals surface area contributed by atoms with Crippen molar-refractivity contribution in [3.8, 4) is 0 Å². The zero-order chi connectivity index (χ0) is 17.9. The number of amidine groups is 1. The molecule has 4 rings (SSSR count). The number of nitrogens with zero attached hydrogens (tertiary/aromatic N) is 2. The fourth-order valence-corrected chi connectivity index (χ4v) is 3.57. The van der Waals surface area contributed by atoms with E-state index in [9.17, 15) is 8.78 Å². The third-order valence-electron chi connectivity index (χ3n) is 4.81. The predicted octanol–water partition coefficient (Wildman–Crippen LogP) is 3.04. The van der Waals surface area contributed by atoms with E-state index in [1.54, 1.807) is 12.1 Å². The number of fused-ring (bicyclic) bond motifs is 1. The minimum Gasteiger partial charge on any atom is -0.449 e. The van der Waals surface area contributed by atoms with Crippen LogP contribution in [0.25, 0.3) is 0 Å². The second-order valence-electron chi connectivity index (χ2n) is 6.56. The molecule has 0 aliphatic carbocycles. The Morgan fingerprint density at radius 1 is 1.12 bits per heavy atom. The van der Waals surface area contributed by atoms with Crippen molar-refractivity contribution in [3.63, 3.8) is 0 Å². The van der Waals surface area contributed by atoms with Crippen molar-refractivity contribution >= 4 is 6.02 Å². The molecule has 1 N–H and O–H groups in total. The Labute approximate surface area is 151 Å². The molecular formula is C20H21F2N3O. The van der Waals surface area contributed by atoms with Gasteiger partial charge in [-0.05, 0) is 35.2 Å². The van der Waals surface area contributed by atoms with Gasteiger partial charge >= 0.3 is 0 Å². The topological polar surface area (TPSA) is 36.9 Å². The molecule has 0 radical (unpaired) electrons. The molecule has 2 aromatic carbocycles. The molecular weight excluding hydrogens is 336 g/mol. The Hall–Kier alpha value is -2.47. The molecule has 0 bridgehead atoms. The zero-order valence-corrected chi connectivity index (χ0v) is 14.4. The highest BCUT2D eigenvalue weighted by Crippen LogP contribution is 2.35. The van der Waals surface area contributed by atoms with Crippen molar-refractivity contribution in [2.45, 2.75) is 18.6 Å². The average Bonchev–Trinajstić information content (AvgIpc) is 2.65. The summed E-state index contributed by atoms with van der Waals surface area (Å²) >= 11 is 0. The van der Waals surface area contributed by atoms with Crippen LogP contribution >= 0.6 is 0 Å². The number of hydrogen-bond donors (Lipinski definition) is 1. The highest BCUT2D eigenvalue weighted by molar-refractivity contribution is 5.76. The van der Waals surface area contributed by atoms with Crippen molar-refractivity contribution in [2.75, 3.05) is 26.4 Å². The molecule has 0 aromatic heterocycles. The summed E-state index contributed by atoms with van der Waals surface area (Å²) in [5.74, 6) is -0.270. The van der Waals surface area contributed by atoms with Crippen molar-refractivity contribution in [2.24, 2.45) is 4.99 Å². The number of ether oxygens (including phenoxy) is 1. The maximum absolute atomic E-state index is 13.8. The number of benzene rings is 2. The highest BCUT2D eigenvalue weighted by Gasteiger charge is 2.32. The predicted molar refractivity (Wildman–Crippen MR) is 96.2 cm³/mol. The summed E-state index contributed by atoms with van der Waals surface area (Å²) < 4.78 is 33.0. The lowest BCUT2D eigenvalue weighted by molar-refractivity contribution is 0.169. The molecule has 2 heterocycles. The molecule has 0 saturated heterocycles. The minimum absolute atomic E-state index is 0.0661. The van der Waals surface area contributed by atoms with Crippen LogP contribution in [0.3, 0.4) is 0 Å². The number of alkyl halides is 1. The van der Waals surface area contributed by atoms with Gasteiger partial charge in [0.2, 0.25) is 0 Å². The van der Waals surface area contributed by atoms with Crippen LogP contribution in [0, 0.1) is 5.82 Å². The molecule has 2 atom stereocenters. The number of nitrogens with one attached hydrogen (secondary N) is 1. The Balaban J connectivity index is 1.75. The molecule has 0 fully saturated rings. The first-order valence-corrected chi connectivity index (χ1v) is 8.84. The van der Waals surface area contributed by atoms with Gasteiger partial charge in [-0.3, -0.25) is 5.32 Å². The Bertz CT molecular complexity index is 794. The van der Waals surface area contributed by atoms with Gasteiger partial charge in [0.05, 0.1) is 12.6 Å². The van der Waals surface area contributed by atoms with Crippen LogP contribution < -0.4 is 5.32 Å². The van der Waals surface area contributed by atoms with E-state index in [-0.39, 0.29) is 31.7 Å². The summed E-state index contributed by atoms with van der Waals surface area (Å²) in [6.45, 7) is 1.22. The molecule has 0 spiro atoms. The fourth-order valence-electron chi connectivity index (χ4n) is 3.57. The van der Waals surface area contributed by atoms with E-state index < -0.39 is 6.17 Å². The first kappa shape index (κ1) is 17.0. The Morgan fingerprint density at radius 3 is 2.77 bits per heavy atom. The summed E-state index contributed by atoms with van der Waals surface area (Å²) in [7, 11) is 0. The Morgan fingerprint density at radius 2 is 1.92 bits per heavy atom. The summed E-state index contributed by atoms with van der Waals surface area (Å²) in [4.78, 5) is 6.44. The molecule has 4 nitrogen and oxygen atoms in total. The quantitative estimate of drug-likeness (QED) is 0.852. The number of aliphatic imine (C=N–C) groups is 1. The van der Waals surface area contributed by atoms with Crippen LogP contribution in [-0.4, -0.2) is 43.5 Å². The van der Waals surface area contributed by atoms with Crippen molar-refractivity contribution in [1.29, 1.82) is 0 Å². The molecule has 26 heavy (non-hydrogen) atoms. The lowest BCUT2D eigenvalue weighted by Gasteiger charge is -2.39. The molecule has 6 heteroatoms. The Kier molecular flexibility index (Phi) is 4.84. The van der Waals surface area contributed by atoms with Gasteiger partial charge < -0.3 is 9.64 Å². The smallest absolute Gasteiger partial charge is 0.289 e. The summed E-state index contributed by atoms with van der Waals surface area (Å²) in [5, 5.41) is 2.93. The maximum Gasteiger partial charge on any atom is 0.289 e. The molecule has 0 unspecified atom stereocenters. The average molecular weight is 357 g/mol. The van der Waals surface area contributed by atoms with Crippen LogP contribution in [0.2, 0.25) is 0 Å². The van der Waals surface area contributed by atoms with E-state index in [0.29, 0.717) is 12.6 Å². The van der Waals surface area contributed by atoms with Gasteiger partial charge in [-0.15, -0.1) is 0 Å². The normalized spacial score (nSPS) is 25.3. The number of halogens is 2. The van der Waals surface area contributed by atoms with Crippen molar-refractivity contribution < 1.29 is 13.5 Å². The highest BCUT2D eigenvalue weighted by atomic mass is 19.1. The standard InChI is InChI=1S/C20H21F2N3O/c21-16-7-5-15(6-8-16)19-18-4-2-1-3-14(18)9-10-25(19)20-24-12-17(22)11-23-13-26-20/h1-8,17,19,23H,9-13H2/b24-20-/t17-,19-/m0/s1. The van der Waals surface area contributed by atoms with Crippen molar-refractivity contribution in [3.05, 3.63) is 71.0 Å². The molecule has 0 amide bonds. The van der Waals surface area contributed by atoms with Crippen molar-refractivity contribution in [1.82, 2.24) is 10.2 Å². The van der Waals surface area contributed by atoms with Gasteiger partial charge in [-0.2, -0.15) is 0 Å². The monoisotopic (exact) mass is 357 g/mol. The third-order valence-corrected chi connectivity index (χ3v) is 4.81. The molecule has 2 aromatic rings. The second kappa shape index (κ2) is 7.41. The first-order valence-electron chi connectivity index (χ1n) is 8.84. The largest absolute Gasteiger partial charge is 0.449 e. The van der Waals surface area contributed by atoms with Gasteiger partial charge in [-0.25, -0.2) is 13.8 Å². The van der Waals surface area contributed by atoms with Crippen LogP contribution in [0.1, 0.15) is 22.7 Å². The lowest BCUT2D eigenvalue weighted by atomic mass is 9.88. The van der Waals surface area contributed by atoms with Crippen LogP contribution in [0.4, 0.5) is 8.78 Å². The zero-order valence-electron chi connectivity index (χ0n) is 14.4. The molecule has 136 valence electrons. The number of hydrogen-bond acceptors (Lipinski definition) is 4. The van der Waals surface area contributed by atoms with Gasteiger partial charge in [0.1, 0.15) is 18.7 Å². The summed E-state index contributed by atoms with van der Waals surface area (Å²) in [6.07, 6.45) is -0.182. The van der Waals surface area contributed by atoms with Gasteiger partial charge in [0.15, 0.2) is 0 Å². The first-order chi connectivity index (χ1) is 12.7. The SMILES string of the molecule is Fc1ccc([C@H]2c3ccccc3CCN2/C2=N/C[C@@H](F)CNCO2)cc1. The molecule has 2 aliphatic rings. The van der Waals surface area contributed by atoms with Gasteiger partial charge in [0.25, 0.3) is 6.02 Å². The van der Waals surface area contributed by atoms with E-state index in [0.717, 1.165) is 17.5 Å². The minimum atomic E-state index is -1.03. The molecule has 0 saturated carbocycles. The second-order valence-corrected chi connectivity index (χ2v) is 6.56.